The smallest absolute Gasteiger partial charge is 0.238 e. The minimum Gasteiger partial charge on any atom is -0.321 e. The number of amides is 1. The van der Waals surface area contributed by atoms with E-state index in [1.807, 2.05) is 11.0 Å². The second kappa shape index (κ2) is 6.12. The lowest BCUT2D eigenvalue weighted by Crippen LogP contribution is -2.36. The van der Waals surface area contributed by atoms with Crippen molar-refractivity contribution in [2.45, 2.75) is 19.5 Å². The zero-order valence-electron chi connectivity index (χ0n) is 12.4. The zero-order chi connectivity index (χ0) is 14.8. The van der Waals surface area contributed by atoms with Crippen molar-refractivity contribution in [2.24, 2.45) is 5.92 Å². The number of halogens is 1. The summed E-state index contributed by atoms with van der Waals surface area (Å²) in [4.78, 5) is 16.3. The first kappa shape index (κ1) is 14.5. The van der Waals surface area contributed by atoms with Gasteiger partial charge in [0.25, 0.3) is 0 Å². The second-order valence-electron chi connectivity index (χ2n) is 5.90. The molecule has 114 valence electrons. The molecule has 0 spiro atoms. The molecule has 0 saturated carbocycles. The molecule has 4 nitrogen and oxygen atoms in total. The molecule has 0 radical (unpaired) electrons. The van der Waals surface area contributed by atoms with Crippen LogP contribution in [0.1, 0.15) is 25.1 Å². The molecule has 2 heterocycles. The van der Waals surface area contributed by atoms with E-state index in [0.717, 1.165) is 26.1 Å². The van der Waals surface area contributed by atoms with Gasteiger partial charge in [0.15, 0.2) is 0 Å². The van der Waals surface area contributed by atoms with Crippen LogP contribution in [0.2, 0.25) is 0 Å². The van der Waals surface area contributed by atoms with Gasteiger partial charge < -0.3 is 9.80 Å². The van der Waals surface area contributed by atoms with Gasteiger partial charge in [0.2, 0.25) is 5.91 Å². The molecule has 3 rings (SSSR count). The lowest BCUT2D eigenvalue weighted by molar-refractivity contribution is -0.128. The lowest BCUT2D eigenvalue weighted by Gasteiger charge is -2.27. The summed E-state index contributed by atoms with van der Waals surface area (Å²) in [5, 5.41) is 3.14. The van der Waals surface area contributed by atoms with E-state index in [0.29, 0.717) is 24.6 Å². The number of rotatable bonds is 4. The zero-order valence-corrected chi connectivity index (χ0v) is 12.4. The van der Waals surface area contributed by atoms with Gasteiger partial charge in [-0.05, 0) is 31.5 Å². The first-order valence-corrected chi connectivity index (χ1v) is 7.68. The predicted molar refractivity (Wildman–Crippen MR) is 79.1 cm³/mol. The average Bonchev–Trinajstić information content (AvgIpc) is 3.08. The molecule has 5 heteroatoms. The fourth-order valence-corrected chi connectivity index (χ4v) is 3.35. The summed E-state index contributed by atoms with van der Waals surface area (Å²) in [5.41, 5.74) is 0.564. The van der Waals surface area contributed by atoms with Crippen LogP contribution in [0.15, 0.2) is 24.3 Å². The van der Waals surface area contributed by atoms with Gasteiger partial charge >= 0.3 is 0 Å². The van der Waals surface area contributed by atoms with Crippen LogP contribution in [0.5, 0.6) is 0 Å². The molecule has 2 atom stereocenters. The molecule has 2 saturated heterocycles. The molecule has 2 aliphatic rings. The molecular weight excluding hydrogens is 269 g/mol. The Bertz CT molecular complexity index is 522. The highest BCUT2D eigenvalue weighted by atomic mass is 19.1. The normalized spacial score (nSPS) is 26.8. The Morgan fingerprint density at radius 1 is 1.38 bits per heavy atom. The van der Waals surface area contributed by atoms with Gasteiger partial charge in [-0.2, -0.15) is 0 Å². The molecular formula is C16H22FN3O. The summed E-state index contributed by atoms with van der Waals surface area (Å²) < 4.78 is 14.0. The van der Waals surface area contributed by atoms with Crippen LogP contribution >= 0.6 is 0 Å². The van der Waals surface area contributed by atoms with E-state index in [2.05, 4.69) is 17.1 Å². The summed E-state index contributed by atoms with van der Waals surface area (Å²) in [6, 6.07) is 6.70. The summed E-state index contributed by atoms with van der Waals surface area (Å²) in [6.07, 6.45) is 0.788. The maximum absolute atomic E-state index is 14.0. The molecule has 1 aromatic rings. The van der Waals surface area contributed by atoms with Gasteiger partial charge in [-0.15, -0.1) is 0 Å². The number of nitrogens with one attached hydrogen (secondary N) is 1. The maximum atomic E-state index is 14.0. The monoisotopic (exact) mass is 291 g/mol. The first-order chi connectivity index (χ1) is 10.2. The van der Waals surface area contributed by atoms with E-state index in [1.165, 1.54) is 6.07 Å². The van der Waals surface area contributed by atoms with Crippen LogP contribution in [0, 0.1) is 11.7 Å². The van der Waals surface area contributed by atoms with E-state index in [1.54, 1.807) is 12.1 Å². The third-order valence-corrected chi connectivity index (χ3v) is 4.55. The lowest BCUT2D eigenvalue weighted by atomic mass is 10.1. The first-order valence-electron chi connectivity index (χ1n) is 7.68. The maximum Gasteiger partial charge on any atom is 0.238 e. The molecule has 0 aliphatic carbocycles. The van der Waals surface area contributed by atoms with Gasteiger partial charge in [0.1, 0.15) is 12.0 Å². The van der Waals surface area contributed by atoms with E-state index in [-0.39, 0.29) is 17.9 Å². The van der Waals surface area contributed by atoms with E-state index >= 15 is 0 Å². The van der Waals surface area contributed by atoms with E-state index in [4.69, 9.17) is 0 Å². The largest absolute Gasteiger partial charge is 0.321 e. The van der Waals surface area contributed by atoms with Crippen LogP contribution in [-0.4, -0.2) is 48.4 Å². The van der Waals surface area contributed by atoms with Crippen molar-refractivity contribution >= 4 is 5.91 Å². The third-order valence-electron chi connectivity index (χ3n) is 4.55. The highest BCUT2D eigenvalue weighted by Gasteiger charge is 2.35. The number of nitrogens with zero attached hydrogens (tertiary/aromatic N) is 2. The Labute approximate surface area is 124 Å². The fraction of sp³-hybridized carbons (Fsp3) is 0.562. The summed E-state index contributed by atoms with van der Waals surface area (Å²) in [6.45, 7) is 6.35. The van der Waals surface area contributed by atoms with Crippen LogP contribution in [0.4, 0.5) is 4.39 Å². The highest BCUT2D eigenvalue weighted by Crippen LogP contribution is 2.27. The number of carbonyl (C=O) groups is 1. The quantitative estimate of drug-likeness (QED) is 0.915. The molecule has 1 amide bonds. The molecule has 2 unspecified atom stereocenters. The van der Waals surface area contributed by atoms with Crippen molar-refractivity contribution in [3.63, 3.8) is 0 Å². The molecule has 0 bridgehead atoms. The Morgan fingerprint density at radius 2 is 2.19 bits per heavy atom. The Hall–Kier alpha value is -1.46. The molecule has 2 fully saturated rings. The minimum atomic E-state index is -0.325. The summed E-state index contributed by atoms with van der Waals surface area (Å²) >= 11 is 0. The van der Waals surface area contributed by atoms with Crippen LogP contribution in [-0.2, 0) is 4.79 Å². The number of benzene rings is 1. The van der Waals surface area contributed by atoms with Gasteiger partial charge in [0.05, 0.1) is 6.54 Å². The minimum absolute atomic E-state index is 0.0678. The standard InChI is InChI=1S/C16H22FN3O/c1-2-19-8-7-12(10-19)11-20-15(21)9-18-16(20)13-5-3-4-6-14(13)17/h3-6,12,16,18H,2,7-11H2,1H3. The third kappa shape index (κ3) is 2.94. The molecule has 2 aliphatic heterocycles. The number of likely N-dealkylation sites (tertiary alicyclic amines) is 1. The van der Waals surface area contributed by atoms with E-state index in [9.17, 15) is 9.18 Å². The topological polar surface area (TPSA) is 35.6 Å². The van der Waals surface area contributed by atoms with Gasteiger partial charge in [0, 0.05) is 18.7 Å². The Kier molecular flexibility index (Phi) is 4.22. The summed E-state index contributed by atoms with van der Waals surface area (Å²) in [5.74, 6) is 0.303. The van der Waals surface area contributed by atoms with Crippen LogP contribution < -0.4 is 5.32 Å². The number of hydrogen-bond donors (Lipinski definition) is 1. The van der Waals surface area contributed by atoms with Crippen molar-refractivity contribution in [1.82, 2.24) is 15.1 Å². The molecule has 21 heavy (non-hydrogen) atoms. The second-order valence-corrected chi connectivity index (χ2v) is 5.90. The van der Waals surface area contributed by atoms with E-state index < -0.39 is 0 Å². The van der Waals surface area contributed by atoms with Crippen LogP contribution in [0.3, 0.4) is 0 Å². The average molecular weight is 291 g/mol. The Balaban J connectivity index is 1.73. The Morgan fingerprint density at radius 3 is 2.90 bits per heavy atom. The van der Waals surface area contributed by atoms with Crippen molar-refractivity contribution in [2.75, 3.05) is 32.7 Å². The van der Waals surface area contributed by atoms with Gasteiger partial charge in [-0.25, -0.2) is 4.39 Å². The van der Waals surface area contributed by atoms with Crippen molar-refractivity contribution in [1.29, 1.82) is 0 Å². The highest BCUT2D eigenvalue weighted by molar-refractivity contribution is 5.81. The van der Waals surface area contributed by atoms with Crippen LogP contribution in [0.25, 0.3) is 0 Å². The fourth-order valence-electron chi connectivity index (χ4n) is 3.35. The van der Waals surface area contributed by atoms with Gasteiger partial charge in [-0.1, -0.05) is 25.1 Å². The molecule has 1 N–H and O–H groups in total. The molecule has 0 aromatic heterocycles. The number of carbonyl (C=O) groups excluding carboxylic acids is 1. The van der Waals surface area contributed by atoms with Crippen molar-refractivity contribution in [3.8, 4) is 0 Å². The van der Waals surface area contributed by atoms with Crippen molar-refractivity contribution in [3.05, 3.63) is 35.6 Å². The SMILES string of the molecule is CCN1CCC(CN2C(=O)CNC2c2ccccc2F)C1. The predicted octanol–water partition coefficient (Wildman–Crippen LogP) is 1.60. The number of hydrogen-bond acceptors (Lipinski definition) is 3. The van der Waals surface area contributed by atoms with Crippen molar-refractivity contribution < 1.29 is 9.18 Å². The van der Waals surface area contributed by atoms with Gasteiger partial charge in [-0.3, -0.25) is 10.1 Å². The molecule has 1 aromatic carbocycles. The summed E-state index contributed by atoms with van der Waals surface area (Å²) in [7, 11) is 0.